The third kappa shape index (κ3) is 13.4. The van der Waals surface area contributed by atoms with Gasteiger partial charge in [-0.3, -0.25) is 4.79 Å². The number of carbonyl (C=O) groups is 1. The molecule has 14 heteroatoms. The van der Waals surface area contributed by atoms with E-state index in [1.807, 2.05) is 119 Å². The van der Waals surface area contributed by atoms with Crippen LogP contribution in [0, 0.1) is 35.5 Å². The van der Waals surface area contributed by atoms with E-state index in [0.717, 1.165) is 23.1 Å². The first kappa shape index (κ1) is 53.4. The van der Waals surface area contributed by atoms with Crippen molar-refractivity contribution in [3.63, 3.8) is 0 Å². The van der Waals surface area contributed by atoms with E-state index in [2.05, 4.69) is 27.7 Å². The van der Waals surface area contributed by atoms with Crippen molar-refractivity contribution in [1.29, 1.82) is 0 Å². The minimum atomic E-state index is -1.39. The third-order valence-corrected chi connectivity index (χ3v) is 15.2. The number of aliphatic hydroxyl groups is 2. The van der Waals surface area contributed by atoms with Gasteiger partial charge in [-0.05, 0) is 53.2 Å². The lowest BCUT2D eigenvalue weighted by atomic mass is 9.82. The van der Waals surface area contributed by atoms with Crippen LogP contribution in [0.3, 0.4) is 0 Å². The number of esters is 1. The number of ether oxygens (including phenoxy) is 11. The van der Waals surface area contributed by atoms with Gasteiger partial charge in [0, 0.05) is 18.8 Å². The third-order valence-electron chi connectivity index (χ3n) is 15.2. The molecule has 4 fully saturated rings. The zero-order chi connectivity index (χ0) is 49.2. The normalized spacial score (nSPS) is 38.4. The first-order valence-electron chi connectivity index (χ1n) is 25.3. The molecule has 4 heterocycles. The molecule has 0 saturated carbocycles. The van der Waals surface area contributed by atoms with E-state index >= 15 is 0 Å². The number of benzene rings is 3. The highest BCUT2D eigenvalue weighted by Gasteiger charge is 2.55. The standard InChI is InChI=1S/C55H78O14/c1-10-42-32(3)34(5)46(57)53(64-42)62-31-44-47(58)50(69-54-49(63-38(9)56)35(6)33(4)43(11-2)65-54)51(60-28-40-23-17-13-18-24-40)55(66-44)68-48-36(7)37(8)52(61-29-41-25-19-14-20-26-41)67-45(48)30-59-27-39-21-15-12-16-22-39/h12-26,32-37,42-55,57-58H,10-11,27-31H2,1-9H3/t32-,33+,34-,35?,36+,37?,42?,43?,44?,45?,46?,47+,48-,49-,50-,51?,52+,53-,54-,55-/m0/s1. The van der Waals surface area contributed by atoms with Crippen molar-refractivity contribution >= 4 is 5.97 Å². The van der Waals surface area contributed by atoms with Crippen LogP contribution in [-0.2, 0) is 76.7 Å². The van der Waals surface area contributed by atoms with Crippen molar-refractivity contribution in [1.82, 2.24) is 0 Å². The Morgan fingerprint density at radius 3 is 1.52 bits per heavy atom. The van der Waals surface area contributed by atoms with E-state index in [-0.39, 0.29) is 67.5 Å². The first-order valence-corrected chi connectivity index (χ1v) is 25.3. The molecule has 4 aliphatic heterocycles. The molecule has 4 saturated heterocycles. The van der Waals surface area contributed by atoms with Crippen molar-refractivity contribution in [3.05, 3.63) is 108 Å². The molecule has 8 unspecified atom stereocenters. The van der Waals surface area contributed by atoms with E-state index in [4.69, 9.17) is 52.1 Å². The zero-order valence-electron chi connectivity index (χ0n) is 42.0. The first-order chi connectivity index (χ1) is 33.3. The van der Waals surface area contributed by atoms with Gasteiger partial charge in [-0.15, -0.1) is 0 Å². The van der Waals surface area contributed by atoms with Crippen LogP contribution in [0.2, 0.25) is 0 Å². The molecule has 382 valence electrons. The van der Waals surface area contributed by atoms with Crippen LogP contribution in [0.15, 0.2) is 91.0 Å². The van der Waals surface area contributed by atoms with Crippen molar-refractivity contribution in [2.45, 2.75) is 181 Å². The monoisotopic (exact) mass is 963 g/mol. The summed E-state index contributed by atoms with van der Waals surface area (Å²) in [5.41, 5.74) is 2.91. The molecule has 4 aliphatic rings. The molecule has 0 aromatic heterocycles. The number of carbonyl (C=O) groups excluding carboxylic acids is 1. The van der Waals surface area contributed by atoms with Gasteiger partial charge in [0.1, 0.15) is 36.6 Å². The Labute approximate surface area is 409 Å². The van der Waals surface area contributed by atoms with Crippen LogP contribution in [0.25, 0.3) is 0 Å². The predicted molar refractivity (Wildman–Crippen MR) is 256 cm³/mol. The highest BCUT2D eigenvalue weighted by molar-refractivity contribution is 5.66. The van der Waals surface area contributed by atoms with E-state index < -0.39 is 80.0 Å². The van der Waals surface area contributed by atoms with Crippen LogP contribution in [0.4, 0.5) is 0 Å². The van der Waals surface area contributed by atoms with Gasteiger partial charge in [0.25, 0.3) is 0 Å². The Balaban J connectivity index is 1.23. The number of hydrogen-bond donors (Lipinski definition) is 2. The predicted octanol–water partition coefficient (Wildman–Crippen LogP) is 7.98. The summed E-state index contributed by atoms with van der Waals surface area (Å²) >= 11 is 0. The summed E-state index contributed by atoms with van der Waals surface area (Å²) in [5.74, 6) is -0.919. The smallest absolute Gasteiger partial charge is 0.303 e. The lowest BCUT2D eigenvalue weighted by Crippen LogP contribution is -2.65. The van der Waals surface area contributed by atoms with Gasteiger partial charge in [0.15, 0.2) is 31.3 Å². The van der Waals surface area contributed by atoms with Gasteiger partial charge < -0.3 is 62.3 Å². The summed E-state index contributed by atoms with van der Waals surface area (Å²) in [6.07, 6.45) is -10.5. The van der Waals surface area contributed by atoms with Crippen LogP contribution in [0.1, 0.15) is 91.8 Å². The van der Waals surface area contributed by atoms with E-state index in [1.165, 1.54) is 6.92 Å². The summed E-state index contributed by atoms with van der Waals surface area (Å²) in [7, 11) is 0. The van der Waals surface area contributed by atoms with E-state index in [9.17, 15) is 15.0 Å². The average Bonchev–Trinajstić information content (AvgIpc) is 3.36. The van der Waals surface area contributed by atoms with Gasteiger partial charge in [0.2, 0.25) is 0 Å². The van der Waals surface area contributed by atoms with Crippen LogP contribution >= 0.6 is 0 Å². The van der Waals surface area contributed by atoms with Crippen LogP contribution < -0.4 is 0 Å². The highest BCUT2D eigenvalue weighted by atomic mass is 16.8. The largest absolute Gasteiger partial charge is 0.457 e. The van der Waals surface area contributed by atoms with Crippen molar-refractivity contribution in [2.75, 3.05) is 13.2 Å². The molecule has 0 bridgehead atoms. The lowest BCUT2D eigenvalue weighted by molar-refractivity contribution is -0.381. The van der Waals surface area contributed by atoms with Gasteiger partial charge >= 0.3 is 5.97 Å². The summed E-state index contributed by atoms with van der Waals surface area (Å²) in [6.45, 7) is 18.6. The minimum absolute atomic E-state index is 0.0384. The molecule has 3 aromatic rings. The SMILES string of the molecule is CCC1O[C@@H](O[C@@H]2C(OCc3ccccc3)[C@H](O[C@@H]3C(COCc4ccccc4)O[C@@H](OCc4ccccc4)C(C)[C@H]3C)OC(CO[C@H]3OC(CC)[C@@H](C)[C@H](C)C3O)[C@H]2O)[C@@H](OC(C)=O)C(C)[C@H]1C. The Morgan fingerprint density at radius 1 is 0.464 bits per heavy atom. The van der Waals surface area contributed by atoms with Gasteiger partial charge in [-0.25, -0.2) is 0 Å². The summed E-state index contributed by atoms with van der Waals surface area (Å²) in [4.78, 5) is 12.7. The molecule has 7 rings (SSSR count). The van der Waals surface area contributed by atoms with Crippen molar-refractivity contribution < 1.29 is 67.1 Å². The molecule has 3 aromatic carbocycles. The summed E-state index contributed by atoms with van der Waals surface area (Å²) in [6, 6.07) is 29.6. The van der Waals surface area contributed by atoms with E-state index in [0.29, 0.717) is 19.6 Å². The van der Waals surface area contributed by atoms with Crippen LogP contribution in [-0.4, -0.2) is 116 Å². The minimum Gasteiger partial charge on any atom is -0.457 e. The number of hydrogen-bond acceptors (Lipinski definition) is 14. The van der Waals surface area contributed by atoms with Crippen molar-refractivity contribution in [3.8, 4) is 0 Å². The average molecular weight is 963 g/mol. The van der Waals surface area contributed by atoms with Crippen LogP contribution in [0.5, 0.6) is 0 Å². The maximum absolute atomic E-state index is 12.7. The molecule has 0 spiro atoms. The molecule has 0 amide bonds. The molecular formula is C55H78O14. The Kier molecular flexibility index (Phi) is 19.6. The second-order valence-corrected chi connectivity index (χ2v) is 19.8. The fourth-order valence-corrected chi connectivity index (χ4v) is 10.2. The molecule has 0 aliphatic carbocycles. The van der Waals surface area contributed by atoms with E-state index in [1.54, 1.807) is 0 Å². The summed E-state index contributed by atoms with van der Waals surface area (Å²) in [5, 5.41) is 24.0. The van der Waals surface area contributed by atoms with Gasteiger partial charge in [0.05, 0.1) is 51.3 Å². The zero-order valence-corrected chi connectivity index (χ0v) is 42.0. The van der Waals surface area contributed by atoms with Crippen molar-refractivity contribution in [2.24, 2.45) is 35.5 Å². The molecule has 14 nitrogen and oxygen atoms in total. The number of rotatable bonds is 20. The maximum Gasteiger partial charge on any atom is 0.303 e. The quantitative estimate of drug-likeness (QED) is 0.105. The maximum atomic E-state index is 12.7. The molecule has 0 radical (unpaired) electrons. The van der Waals surface area contributed by atoms with Gasteiger partial charge in [-0.2, -0.15) is 0 Å². The number of aliphatic hydroxyl groups excluding tert-OH is 2. The Bertz CT molecular complexity index is 1960. The second-order valence-electron chi connectivity index (χ2n) is 19.8. The topological polar surface area (TPSA) is 159 Å². The molecule has 2 N–H and O–H groups in total. The highest BCUT2D eigenvalue weighted by Crippen LogP contribution is 2.41. The Hall–Kier alpha value is -3.35. The van der Waals surface area contributed by atoms with Gasteiger partial charge in [-0.1, -0.05) is 146 Å². The molecular weight excluding hydrogens is 885 g/mol. The Morgan fingerprint density at radius 2 is 0.942 bits per heavy atom. The fraction of sp³-hybridized carbons (Fsp3) is 0.655. The molecule has 69 heavy (non-hydrogen) atoms. The lowest BCUT2D eigenvalue weighted by Gasteiger charge is -2.51. The summed E-state index contributed by atoms with van der Waals surface area (Å²) < 4.78 is 72.9. The fourth-order valence-electron chi connectivity index (χ4n) is 10.2. The molecule has 20 atom stereocenters. The second kappa shape index (κ2) is 25.3.